The molecule has 0 aromatic rings. The molecule has 0 amide bonds. The lowest BCUT2D eigenvalue weighted by Crippen LogP contribution is -2.14. The van der Waals surface area contributed by atoms with Gasteiger partial charge >= 0.3 is 0 Å². The van der Waals surface area contributed by atoms with Gasteiger partial charge in [-0.3, -0.25) is 4.79 Å². The molecule has 0 atom stereocenters. The number of Topliss-reactive ketones (excluding diaryl/α,β-unsaturated/α-hetero) is 1. The van der Waals surface area contributed by atoms with Gasteiger partial charge in [0.2, 0.25) is 0 Å². The molecule has 0 aromatic heterocycles. The summed E-state index contributed by atoms with van der Waals surface area (Å²) in [6.07, 6.45) is 1.45. The molecule has 0 rings (SSSR count). The zero-order chi connectivity index (χ0) is 10.3. The Morgan fingerprint density at radius 3 is 2.46 bits per heavy atom. The molecule has 78 valence electrons. The summed E-state index contributed by atoms with van der Waals surface area (Å²) >= 11 is 0. The van der Waals surface area contributed by atoms with Crippen molar-refractivity contribution < 1.29 is 14.6 Å². The van der Waals surface area contributed by atoms with Gasteiger partial charge in [-0.1, -0.05) is 20.8 Å². The monoisotopic (exact) mass is 188 g/mol. The number of carbonyl (C=O) groups excluding carboxylic acids is 1. The van der Waals surface area contributed by atoms with E-state index in [0.717, 1.165) is 6.42 Å². The minimum atomic E-state index is -0.0213. The zero-order valence-corrected chi connectivity index (χ0v) is 8.80. The third kappa shape index (κ3) is 9.50. The van der Waals surface area contributed by atoms with Crippen molar-refractivity contribution in [1.29, 1.82) is 0 Å². The maximum atomic E-state index is 11.2. The van der Waals surface area contributed by atoms with Gasteiger partial charge < -0.3 is 9.84 Å². The predicted octanol–water partition coefficient (Wildman–Crippen LogP) is 1.39. The van der Waals surface area contributed by atoms with E-state index in [-0.39, 0.29) is 31.0 Å². The van der Waals surface area contributed by atoms with Crippen LogP contribution < -0.4 is 0 Å². The summed E-state index contributed by atoms with van der Waals surface area (Å²) in [6.45, 7) is 6.68. The third-order valence-corrected chi connectivity index (χ3v) is 1.65. The summed E-state index contributed by atoms with van der Waals surface area (Å²) in [6, 6.07) is 0. The van der Waals surface area contributed by atoms with Crippen molar-refractivity contribution >= 4 is 5.78 Å². The fourth-order valence-corrected chi connectivity index (χ4v) is 0.837. The molecule has 0 unspecified atom stereocenters. The average Bonchev–Trinajstić information content (AvgIpc) is 2.00. The van der Waals surface area contributed by atoms with E-state index in [1.807, 2.05) is 0 Å². The summed E-state index contributed by atoms with van der Waals surface area (Å²) in [4.78, 5) is 11.2. The van der Waals surface area contributed by atoms with Crippen LogP contribution in [0.25, 0.3) is 0 Å². The highest BCUT2D eigenvalue weighted by Crippen LogP contribution is 2.20. The number of ether oxygens (including phenoxy) is 1. The second kappa shape index (κ2) is 6.11. The van der Waals surface area contributed by atoms with Crippen LogP contribution in [0.2, 0.25) is 0 Å². The third-order valence-electron chi connectivity index (χ3n) is 1.65. The van der Waals surface area contributed by atoms with Crippen LogP contribution in [0.3, 0.4) is 0 Å². The second-order valence-electron chi connectivity index (χ2n) is 4.38. The zero-order valence-electron chi connectivity index (χ0n) is 8.80. The Balaban J connectivity index is 3.41. The molecular weight excluding hydrogens is 168 g/mol. The van der Waals surface area contributed by atoms with Crippen molar-refractivity contribution in [3.8, 4) is 0 Å². The number of carbonyl (C=O) groups is 1. The molecule has 0 bridgehead atoms. The molecule has 0 fully saturated rings. The van der Waals surface area contributed by atoms with Gasteiger partial charge in [0.1, 0.15) is 6.61 Å². The van der Waals surface area contributed by atoms with Crippen molar-refractivity contribution in [2.45, 2.75) is 33.6 Å². The molecule has 0 aliphatic heterocycles. The Morgan fingerprint density at radius 2 is 2.00 bits per heavy atom. The summed E-state index contributed by atoms with van der Waals surface area (Å²) < 4.78 is 4.91. The molecule has 1 N–H and O–H groups in total. The molecule has 0 aliphatic rings. The minimum Gasteiger partial charge on any atom is -0.394 e. The van der Waals surface area contributed by atoms with Crippen LogP contribution in [-0.4, -0.2) is 30.7 Å². The van der Waals surface area contributed by atoms with Crippen LogP contribution >= 0.6 is 0 Å². The van der Waals surface area contributed by atoms with E-state index in [2.05, 4.69) is 20.8 Å². The fourth-order valence-electron chi connectivity index (χ4n) is 0.837. The highest BCUT2D eigenvalue weighted by molar-refractivity contribution is 5.79. The van der Waals surface area contributed by atoms with Crippen LogP contribution in [0.4, 0.5) is 0 Å². The standard InChI is InChI=1S/C10H20O3/c1-10(2,3)5-4-9(12)8-13-7-6-11/h11H,4-8H2,1-3H3. The van der Waals surface area contributed by atoms with Gasteiger partial charge in [-0.05, 0) is 11.8 Å². The van der Waals surface area contributed by atoms with E-state index < -0.39 is 0 Å². The van der Waals surface area contributed by atoms with Gasteiger partial charge in [-0.15, -0.1) is 0 Å². The van der Waals surface area contributed by atoms with Crippen LogP contribution in [0.15, 0.2) is 0 Å². The predicted molar refractivity (Wildman–Crippen MR) is 51.6 cm³/mol. The van der Waals surface area contributed by atoms with Gasteiger partial charge in [-0.2, -0.15) is 0 Å². The van der Waals surface area contributed by atoms with Crippen LogP contribution in [-0.2, 0) is 9.53 Å². The van der Waals surface area contributed by atoms with Crippen LogP contribution in [0, 0.1) is 5.41 Å². The van der Waals surface area contributed by atoms with E-state index in [0.29, 0.717) is 6.42 Å². The lowest BCUT2D eigenvalue weighted by Gasteiger charge is -2.16. The number of ketones is 1. The summed E-state index contributed by atoms with van der Waals surface area (Å²) in [7, 11) is 0. The Hall–Kier alpha value is -0.410. The van der Waals surface area contributed by atoms with Gasteiger partial charge in [0, 0.05) is 6.42 Å². The first kappa shape index (κ1) is 12.6. The molecule has 0 aliphatic carbocycles. The fraction of sp³-hybridized carbons (Fsp3) is 0.900. The van der Waals surface area contributed by atoms with Crippen LogP contribution in [0.1, 0.15) is 33.6 Å². The molecule has 0 saturated heterocycles. The van der Waals surface area contributed by atoms with E-state index in [9.17, 15) is 4.79 Å². The Morgan fingerprint density at radius 1 is 1.38 bits per heavy atom. The first-order valence-corrected chi connectivity index (χ1v) is 4.66. The number of aliphatic hydroxyl groups is 1. The summed E-state index contributed by atoms with van der Waals surface area (Å²) in [5, 5.41) is 8.40. The van der Waals surface area contributed by atoms with Gasteiger partial charge in [0.05, 0.1) is 13.2 Å². The van der Waals surface area contributed by atoms with Gasteiger partial charge in [0.25, 0.3) is 0 Å². The molecule has 0 aromatic carbocycles. The molecule has 3 heteroatoms. The van der Waals surface area contributed by atoms with Crippen molar-refractivity contribution in [2.75, 3.05) is 19.8 Å². The van der Waals surface area contributed by atoms with Crippen molar-refractivity contribution in [3.05, 3.63) is 0 Å². The normalized spacial score (nSPS) is 11.7. The second-order valence-corrected chi connectivity index (χ2v) is 4.38. The lowest BCUT2D eigenvalue weighted by atomic mass is 9.90. The smallest absolute Gasteiger partial charge is 0.158 e. The number of hydrogen-bond donors (Lipinski definition) is 1. The van der Waals surface area contributed by atoms with Crippen molar-refractivity contribution in [1.82, 2.24) is 0 Å². The Labute approximate surface area is 80.1 Å². The van der Waals surface area contributed by atoms with Gasteiger partial charge in [-0.25, -0.2) is 0 Å². The summed E-state index contributed by atoms with van der Waals surface area (Å²) in [5.74, 6) is 0.114. The average molecular weight is 188 g/mol. The molecule has 0 heterocycles. The molecule has 0 saturated carbocycles. The Bertz CT molecular complexity index is 147. The van der Waals surface area contributed by atoms with Crippen LogP contribution in [0.5, 0.6) is 0 Å². The topological polar surface area (TPSA) is 46.5 Å². The highest BCUT2D eigenvalue weighted by atomic mass is 16.5. The van der Waals surface area contributed by atoms with Crippen molar-refractivity contribution in [3.63, 3.8) is 0 Å². The molecular formula is C10H20O3. The number of aliphatic hydroxyl groups excluding tert-OH is 1. The molecule has 3 nitrogen and oxygen atoms in total. The first-order chi connectivity index (χ1) is 5.95. The van der Waals surface area contributed by atoms with E-state index in [1.165, 1.54) is 0 Å². The largest absolute Gasteiger partial charge is 0.394 e. The summed E-state index contributed by atoms with van der Waals surface area (Å²) in [5.41, 5.74) is 0.201. The van der Waals surface area contributed by atoms with E-state index in [1.54, 1.807) is 0 Å². The quantitative estimate of drug-likeness (QED) is 0.641. The van der Waals surface area contributed by atoms with E-state index in [4.69, 9.17) is 9.84 Å². The highest BCUT2D eigenvalue weighted by Gasteiger charge is 2.12. The SMILES string of the molecule is CC(C)(C)CCC(=O)COCCO. The molecule has 0 radical (unpaired) electrons. The Kier molecular flexibility index (Phi) is 5.91. The van der Waals surface area contributed by atoms with E-state index >= 15 is 0 Å². The van der Waals surface area contributed by atoms with Gasteiger partial charge in [0.15, 0.2) is 5.78 Å². The minimum absolute atomic E-state index is 0.0213. The maximum Gasteiger partial charge on any atom is 0.158 e. The molecule has 0 spiro atoms. The molecule has 13 heavy (non-hydrogen) atoms. The maximum absolute atomic E-state index is 11.2. The lowest BCUT2D eigenvalue weighted by molar-refractivity contribution is -0.124. The number of rotatable bonds is 6. The van der Waals surface area contributed by atoms with Crippen molar-refractivity contribution in [2.24, 2.45) is 5.41 Å². The first-order valence-electron chi connectivity index (χ1n) is 4.66. The number of hydrogen-bond acceptors (Lipinski definition) is 3.